The fourth-order valence-electron chi connectivity index (χ4n) is 1.13. The van der Waals surface area contributed by atoms with E-state index < -0.39 is 5.60 Å². The van der Waals surface area contributed by atoms with Crippen molar-refractivity contribution in [2.24, 2.45) is 0 Å². The molecule has 4 nitrogen and oxygen atoms in total. The second kappa shape index (κ2) is 5.98. The summed E-state index contributed by atoms with van der Waals surface area (Å²) in [4.78, 5) is 13.5. The van der Waals surface area contributed by atoms with E-state index in [9.17, 15) is 4.79 Å². The van der Waals surface area contributed by atoms with E-state index in [1.54, 1.807) is 18.7 Å². The van der Waals surface area contributed by atoms with Crippen LogP contribution in [0.1, 0.15) is 27.2 Å². The first-order chi connectivity index (χ1) is 6.49. The van der Waals surface area contributed by atoms with Gasteiger partial charge in [-0.05, 0) is 27.2 Å². The van der Waals surface area contributed by atoms with Crippen LogP contribution in [0.3, 0.4) is 0 Å². The van der Waals surface area contributed by atoms with Crippen LogP contribution in [0.5, 0.6) is 0 Å². The quantitative estimate of drug-likeness (QED) is 0.689. The van der Waals surface area contributed by atoms with Crippen molar-refractivity contribution in [3.8, 4) is 0 Å². The Bertz CT molecular complexity index is 180. The molecule has 14 heavy (non-hydrogen) atoms. The molecule has 0 aliphatic rings. The summed E-state index contributed by atoms with van der Waals surface area (Å²) in [5, 5.41) is 8.68. The molecule has 0 aliphatic carbocycles. The van der Waals surface area contributed by atoms with Crippen LogP contribution in [-0.2, 0) is 9.53 Å². The number of amides is 1. The van der Waals surface area contributed by atoms with E-state index in [4.69, 9.17) is 9.84 Å². The number of aliphatic hydroxyl groups is 1. The maximum Gasteiger partial charge on any atom is 0.254 e. The van der Waals surface area contributed by atoms with E-state index in [0.29, 0.717) is 19.5 Å². The van der Waals surface area contributed by atoms with Crippen LogP contribution in [0, 0.1) is 0 Å². The molecule has 4 heteroatoms. The Morgan fingerprint density at radius 1 is 1.50 bits per heavy atom. The minimum atomic E-state index is -0.772. The van der Waals surface area contributed by atoms with Crippen molar-refractivity contribution in [2.45, 2.75) is 32.8 Å². The molecule has 1 amide bonds. The molecular formula is C10H21NO3. The van der Waals surface area contributed by atoms with Crippen LogP contribution in [0.25, 0.3) is 0 Å². The Morgan fingerprint density at radius 3 is 2.43 bits per heavy atom. The zero-order valence-corrected chi connectivity index (χ0v) is 9.54. The number of aliphatic hydroxyl groups excluding tert-OH is 1. The van der Waals surface area contributed by atoms with E-state index in [2.05, 4.69) is 0 Å². The number of methoxy groups -OCH3 is 1. The summed E-state index contributed by atoms with van der Waals surface area (Å²) < 4.78 is 5.11. The highest BCUT2D eigenvalue weighted by molar-refractivity contribution is 5.84. The van der Waals surface area contributed by atoms with Gasteiger partial charge in [-0.1, -0.05) is 0 Å². The standard InChI is InChI=1S/C10H21NO3/c1-5-11(7-6-8-12)9(13)10(2,3)14-4/h12H,5-8H2,1-4H3. The average molecular weight is 203 g/mol. The number of likely N-dealkylation sites (N-methyl/N-ethyl adjacent to an activating group) is 1. The normalized spacial score (nSPS) is 11.5. The molecule has 0 saturated heterocycles. The molecule has 0 spiro atoms. The van der Waals surface area contributed by atoms with E-state index in [1.807, 2.05) is 6.92 Å². The molecule has 0 aromatic heterocycles. The van der Waals surface area contributed by atoms with Gasteiger partial charge in [0.05, 0.1) is 0 Å². The van der Waals surface area contributed by atoms with Gasteiger partial charge in [-0.25, -0.2) is 0 Å². The molecule has 0 aromatic carbocycles. The van der Waals surface area contributed by atoms with Crippen LogP contribution in [-0.4, -0.2) is 48.3 Å². The number of nitrogens with zero attached hydrogens (tertiary/aromatic N) is 1. The SMILES string of the molecule is CCN(CCCO)C(=O)C(C)(C)OC. The van der Waals surface area contributed by atoms with Gasteiger partial charge >= 0.3 is 0 Å². The highest BCUT2D eigenvalue weighted by Crippen LogP contribution is 2.12. The fourth-order valence-corrected chi connectivity index (χ4v) is 1.13. The number of carbonyl (C=O) groups excluding carboxylic acids is 1. The summed E-state index contributed by atoms with van der Waals surface area (Å²) in [5.74, 6) is -0.0315. The lowest BCUT2D eigenvalue weighted by molar-refractivity contribution is -0.150. The third-order valence-corrected chi connectivity index (χ3v) is 2.28. The number of hydrogen-bond donors (Lipinski definition) is 1. The first-order valence-corrected chi connectivity index (χ1v) is 4.95. The first kappa shape index (κ1) is 13.4. The van der Waals surface area contributed by atoms with Crippen molar-refractivity contribution >= 4 is 5.91 Å². The maximum absolute atomic E-state index is 11.9. The van der Waals surface area contributed by atoms with Crippen molar-refractivity contribution in [2.75, 3.05) is 26.8 Å². The van der Waals surface area contributed by atoms with Crippen LogP contribution in [0.4, 0.5) is 0 Å². The zero-order chi connectivity index (χ0) is 11.2. The van der Waals surface area contributed by atoms with E-state index in [1.165, 1.54) is 7.11 Å². The van der Waals surface area contributed by atoms with Gasteiger partial charge in [-0.15, -0.1) is 0 Å². The largest absolute Gasteiger partial charge is 0.396 e. The van der Waals surface area contributed by atoms with Gasteiger partial charge in [0.15, 0.2) is 0 Å². The fraction of sp³-hybridized carbons (Fsp3) is 0.900. The van der Waals surface area contributed by atoms with Gasteiger partial charge in [-0.3, -0.25) is 4.79 Å². The molecule has 0 unspecified atom stereocenters. The van der Waals surface area contributed by atoms with Crippen molar-refractivity contribution in [1.82, 2.24) is 4.90 Å². The molecule has 0 heterocycles. The van der Waals surface area contributed by atoms with Crippen LogP contribution < -0.4 is 0 Å². The van der Waals surface area contributed by atoms with E-state index in [0.717, 1.165) is 0 Å². The Kier molecular flexibility index (Phi) is 5.72. The molecule has 0 fully saturated rings. The molecular weight excluding hydrogens is 182 g/mol. The van der Waals surface area contributed by atoms with Crippen LogP contribution in [0.15, 0.2) is 0 Å². The molecule has 0 bridgehead atoms. The molecule has 0 radical (unpaired) electrons. The number of rotatable bonds is 6. The van der Waals surface area contributed by atoms with Crippen LogP contribution in [0.2, 0.25) is 0 Å². The molecule has 1 N–H and O–H groups in total. The van der Waals surface area contributed by atoms with Crippen molar-refractivity contribution in [1.29, 1.82) is 0 Å². The Labute approximate surface area is 85.9 Å². The lowest BCUT2D eigenvalue weighted by atomic mass is 10.1. The first-order valence-electron chi connectivity index (χ1n) is 4.95. The van der Waals surface area contributed by atoms with Gasteiger partial charge in [0.25, 0.3) is 5.91 Å². The molecule has 0 saturated carbocycles. The van der Waals surface area contributed by atoms with Gasteiger partial charge in [-0.2, -0.15) is 0 Å². The topological polar surface area (TPSA) is 49.8 Å². The Morgan fingerprint density at radius 2 is 2.07 bits per heavy atom. The monoisotopic (exact) mass is 203 g/mol. The van der Waals surface area contributed by atoms with E-state index in [-0.39, 0.29) is 12.5 Å². The third kappa shape index (κ3) is 3.64. The highest BCUT2D eigenvalue weighted by Gasteiger charge is 2.30. The number of carbonyl (C=O) groups is 1. The summed E-state index contributed by atoms with van der Waals surface area (Å²) in [5.41, 5.74) is -0.772. The minimum Gasteiger partial charge on any atom is -0.396 e. The van der Waals surface area contributed by atoms with Crippen molar-refractivity contribution in [3.63, 3.8) is 0 Å². The Hall–Kier alpha value is -0.610. The van der Waals surface area contributed by atoms with Gasteiger partial charge < -0.3 is 14.7 Å². The van der Waals surface area contributed by atoms with Crippen molar-refractivity contribution < 1.29 is 14.6 Å². The summed E-state index contributed by atoms with van der Waals surface area (Å²) in [6, 6.07) is 0. The summed E-state index contributed by atoms with van der Waals surface area (Å²) in [6.07, 6.45) is 0.610. The van der Waals surface area contributed by atoms with Gasteiger partial charge in [0, 0.05) is 26.8 Å². The zero-order valence-electron chi connectivity index (χ0n) is 9.54. The predicted molar refractivity (Wildman–Crippen MR) is 55.0 cm³/mol. The Balaban J connectivity index is 4.30. The molecule has 84 valence electrons. The van der Waals surface area contributed by atoms with E-state index >= 15 is 0 Å². The molecule has 0 atom stereocenters. The second-order valence-corrected chi connectivity index (χ2v) is 3.68. The maximum atomic E-state index is 11.9. The van der Waals surface area contributed by atoms with Gasteiger partial charge in [0.2, 0.25) is 0 Å². The lowest BCUT2D eigenvalue weighted by Crippen LogP contribution is -2.46. The predicted octanol–water partition coefficient (Wildman–Crippen LogP) is 0.642. The lowest BCUT2D eigenvalue weighted by Gasteiger charge is -2.30. The molecule has 0 rings (SSSR count). The third-order valence-electron chi connectivity index (χ3n) is 2.28. The number of ether oxygens (including phenoxy) is 1. The minimum absolute atomic E-state index is 0.0315. The molecule has 0 aliphatic heterocycles. The molecule has 0 aromatic rings. The van der Waals surface area contributed by atoms with Gasteiger partial charge in [0.1, 0.15) is 5.60 Å². The summed E-state index contributed by atoms with van der Waals surface area (Å²) >= 11 is 0. The van der Waals surface area contributed by atoms with Crippen molar-refractivity contribution in [3.05, 3.63) is 0 Å². The summed E-state index contributed by atoms with van der Waals surface area (Å²) in [6.45, 7) is 6.75. The number of hydrogen-bond acceptors (Lipinski definition) is 3. The second-order valence-electron chi connectivity index (χ2n) is 3.68. The average Bonchev–Trinajstić information content (AvgIpc) is 2.18. The summed E-state index contributed by atoms with van der Waals surface area (Å²) in [7, 11) is 1.53. The highest BCUT2D eigenvalue weighted by atomic mass is 16.5. The van der Waals surface area contributed by atoms with Crippen LogP contribution >= 0.6 is 0 Å². The smallest absolute Gasteiger partial charge is 0.254 e.